The van der Waals surface area contributed by atoms with E-state index in [0.717, 1.165) is 22.4 Å². The van der Waals surface area contributed by atoms with Gasteiger partial charge in [-0.1, -0.05) is 55.0 Å². The van der Waals surface area contributed by atoms with Crippen LogP contribution in [0.1, 0.15) is 24.5 Å². The molecular formula is C24H27NO3. The summed E-state index contributed by atoms with van der Waals surface area (Å²) in [7, 11) is 0. The van der Waals surface area contributed by atoms with Crippen LogP contribution in [0, 0.1) is 13.8 Å². The average molecular weight is 377 g/mol. The SMILES string of the molecule is CC[C@@H](Oc1ccc(C)cc1C)C(=O)NCCOc1ccc2ccccc2c1. The molecule has 0 saturated carbocycles. The van der Waals surface area contributed by atoms with Crippen LogP contribution in [0.3, 0.4) is 0 Å². The second-order valence-corrected chi connectivity index (χ2v) is 6.93. The smallest absolute Gasteiger partial charge is 0.261 e. The predicted octanol–water partition coefficient (Wildman–Crippen LogP) is 4.81. The number of amides is 1. The summed E-state index contributed by atoms with van der Waals surface area (Å²) in [6.45, 7) is 6.81. The molecular weight excluding hydrogens is 350 g/mol. The molecule has 0 aliphatic rings. The molecule has 0 aliphatic heterocycles. The molecule has 3 aromatic rings. The topological polar surface area (TPSA) is 47.6 Å². The first-order valence-corrected chi connectivity index (χ1v) is 9.70. The number of hydrogen-bond acceptors (Lipinski definition) is 3. The highest BCUT2D eigenvalue weighted by Gasteiger charge is 2.18. The fourth-order valence-corrected chi connectivity index (χ4v) is 3.12. The van der Waals surface area contributed by atoms with Gasteiger partial charge in [-0.15, -0.1) is 0 Å². The van der Waals surface area contributed by atoms with Crippen molar-refractivity contribution in [3.8, 4) is 11.5 Å². The Balaban J connectivity index is 1.49. The molecule has 0 unspecified atom stereocenters. The summed E-state index contributed by atoms with van der Waals surface area (Å²) in [5.41, 5.74) is 2.21. The van der Waals surface area contributed by atoms with Crippen LogP contribution in [0.2, 0.25) is 0 Å². The largest absolute Gasteiger partial charge is 0.492 e. The minimum absolute atomic E-state index is 0.121. The van der Waals surface area contributed by atoms with E-state index in [-0.39, 0.29) is 5.91 Å². The van der Waals surface area contributed by atoms with Crippen molar-refractivity contribution < 1.29 is 14.3 Å². The molecule has 0 aliphatic carbocycles. The lowest BCUT2D eigenvalue weighted by Crippen LogP contribution is -2.39. The van der Waals surface area contributed by atoms with E-state index in [1.165, 1.54) is 10.9 Å². The van der Waals surface area contributed by atoms with Gasteiger partial charge < -0.3 is 14.8 Å². The normalized spacial score (nSPS) is 11.8. The zero-order valence-electron chi connectivity index (χ0n) is 16.7. The van der Waals surface area contributed by atoms with Crippen LogP contribution in [-0.4, -0.2) is 25.2 Å². The monoisotopic (exact) mass is 377 g/mol. The Morgan fingerprint density at radius 2 is 1.79 bits per heavy atom. The Hall–Kier alpha value is -3.01. The quantitative estimate of drug-likeness (QED) is 0.573. The minimum Gasteiger partial charge on any atom is -0.492 e. The number of benzene rings is 3. The lowest BCUT2D eigenvalue weighted by molar-refractivity contribution is -0.128. The van der Waals surface area contributed by atoms with Gasteiger partial charge in [0.25, 0.3) is 5.91 Å². The van der Waals surface area contributed by atoms with Gasteiger partial charge in [-0.05, 0) is 54.8 Å². The molecule has 0 radical (unpaired) electrons. The first kappa shape index (κ1) is 19.7. The predicted molar refractivity (Wildman–Crippen MR) is 113 cm³/mol. The van der Waals surface area contributed by atoms with Crippen molar-refractivity contribution in [2.45, 2.75) is 33.3 Å². The van der Waals surface area contributed by atoms with E-state index in [0.29, 0.717) is 19.6 Å². The van der Waals surface area contributed by atoms with Gasteiger partial charge in [0.05, 0.1) is 6.54 Å². The molecule has 3 aromatic carbocycles. The van der Waals surface area contributed by atoms with Crippen molar-refractivity contribution >= 4 is 16.7 Å². The van der Waals surface area contributed by atoms with E-state index in [2.05, 4.69) is 23.5 Å². The molecule has 0 heterocycles. The van der Waals surface area contributed by atoms with Gasteiger partial charge in [0.2, 0.25) is 0 Å². The van der Waals surface area contributed by atoms with E-state index < -0.39 is 6.10 Å². The van der Waals surface area contributed by atoms with Crippen LogP contribution in [0.15, 0.2) is 60.7 Å². The molecule has 0 bridgehead atoms. The summed E-state index contributed by atoms with van der Waals surface area (Å²) in [5.74, 6) is 1.43. The van der Waals surface area contributed by atoms with Crippen molar-refractivity contribution in [2.24, 2.45) is 0 Å². The minimum atomic E-state index is -0.512. The third kappa shape index (κ3) is 5.03. The van der Waals surface area contributed by atoms with Crippen LogP contribution in [0.4, 0.5) is 0 Å². The van der Waals surface area contributed by atoms with Crippen molar-refractivity contribution in [3.63, 3.8) is 0 Å². The molecule has 0 aromatic heterocycles. The lowest BCUT2D eigenvalue weighted by atomic mass is 10.1. The fourth-order valence-electron chi connectivity index (χ4n) is 3.12. The summed E-state index contributed by atoms with van der Waals surface area (Å²) in [6, 6.07) is 20.1. The van der Waals surface area contributed by atoms with Crippen LogP contribution in [0.25, 0.3) is 10.8 Å². The maximum Gasteiger partial charge on any atom is 0.261 e. The molecule has 1 amide bonds. The van der Waals surface area contributed by atoms with Gasteiger partial charge >= 0.3 is 0 Å². The van der Waals surface area contributed by atoms with Gasteiger partial charge in [-0.2, -0.15) is 0 Å². The summed E-state index contributed by atoms with van der Waals surface area (Å²) in [4.78, 5) is 12.5. The first-order chi connectivity index (χ1) is 13.6. The molecule has 4 nitrogen and oxygen atoms in total. The van der Waals surface area contributed by atoms with E-state index in [1.807, 2.05) is 63.2 Å². The standard InChI is InChI=1S/C24H27NO3/c1-4-22(28-23-12-9-17(2)15-18(23)3)24(26)25-13-14-27-21-11-10-19-7-5-6-8-20(19)16-21/h5-12,15-16,22H,4,13-14H2,1-3H3,(H,25,26)/t22-/m1/s1. The van der Waals surface area contributed by atoms with Crippen molar-refractivity contribution in [1.29, 1.82) is 0 Å². The second kappa shape index (κ2) is 9.27. The third-order valence-corrected chi connectivity index (χ3v) is 4.65. The Morgan fingerprint density at radius 3 is 2.54 bits per heavy atom. The number of hydrogen-bond donors (Lipinski definition) is 1. The molecule has 0 saturated heterocycles. The van der Waals surface area contributed by atoms with E-state index in [9.17, 15) is 4.79 Å². The molecule has 0 fully saturated rings. The van der Waals surface area contributed by atoms with Crippen LogP contribution >= 0.6 is 0 Å². The van der Waals surface area contributed by atoms with E-state index in [1.54, 1.807) is 0 Å². The second-order valence-electron chi connectivity index (χ2n) is 6.93. The van der Waals surface area contributed by atoms with Gasteiger partial charge in [-0.3, -0.25) is 4.79 Å². The average Bonchev–Trinajstić information content (AvgIpc) is 2.70. The summed E-state index contributed by atoms with van der Waals surface area (Å²) >= 11 is 0. The maximum atomic E-state index is 12.5. The summed E-state index contributed by atoms with van der Waals surface area (Å²) < 4.78 is 11.7. The highest BCUT2D eigenvalue weighted by atomic mass is 16.5. The molecule has 0 spiro atoms. The number of rotatable bonds is 8. The number of aryl methyl sites for hydroxylation is 2. The van der Waals surface area contributed by atoms with Crippen LogP contribution < -0.4 is 14.8 Å². The molecule has 146 valence electrons. The Kier molecular flexibility index (Phi) is 6.53. The maximum absolute atomic E-state index is 12.5. The lowest BCUT2D eigenvalue weighted by Gasteiger charge is -2.19. The fraction of sp³-hybridized carbons (Fsp3) is 0.292. The summed E-state index contributed by atoms with van der Waals surface area (Å²) in [5, 5.41) is 5.22. The highest BCUT2D eigenvalue weighted by molar-refractivity contribution is 5.83. The molecule has 3 rings (SSSR count). The van der Waals surface area contributed by atoms with Gasteiger partial charge in [0, 0.05) is 0 Å². The van der Waals surface area contributed by atoms with Crippen molar-refractivity contribution in [1.82, 2.24) is 5.32 Å². The van der Waals surface area contributed by atoms with Gasteiger partial charge in [-0.25, -0.2) is 0 Å². The number of fused-ring (bicyclic) bond motifs is 1. The zero-order chi connectivity index (χ0) is 19.9. The Morgan fingerprint density at radius 1 is 1.00 bits per heavy atom. The van der Waals surface area contributed by atoms with E-state index >= 15 is 0 Å². The number of nitrogens with one attached hydrogen (secondary N) is 1. The zero-order valence-corrected chi connectivity index (χ0v) is 16.7. The van der Waals surface area contributed by atoms with Crippen LogP contribution in [0.5, 0.6) is 11.5 Å². The number of ether oxygens (including phenoxy) is 2. The third-order valence-electron chi connectivity index (χ3n) is 4.65. The Labute approximate surface area is 166 Å². The highest BCUT2D eigenvalue weighted by Crippen LogP contribution is 2.21. The van der Waals surface area contributed by atoms with E-state index in [4.69, 9.17) is 9.47 Å². The summed E-state index contributed by atoms with van der Waals surface area (Å²) in [6.07, 6.45) is 0.0899. The van der Waals surface area contributed by atoms with Crippen molar-refractivity contribution in [2.75, 3.05) is 13.2 Å². The number of carbonyl (C=O) groups is 1. The van der Waals surface area contributed by atoms with Gasteiger partial charge in [0.15, 0.2) is 6.10 Å². The van der Waals surface area contributed by atoms with Gasteiger partial charge in [0.1, 0.15) is 18.1 Å². The number of carbonyl (C=O) groups excluding carboxylic acids is 1. The molecule has 28 heavy (non-hydrogen) atoms. The molecule has 1 atom stereocenters. The van der Waals surface area contributed by atoms with Crippen LogP contribution in [-0.2, 0) is 4.79 Å². The molecule has 4 heteroatoms. The van der Waals surface area contributed by atoms with Crippen molar-refractivity contribution in [3.05, 3.63) is 71.8 Å². The molecule has 1 N–H and O–H groups in total. The Bertz CT molecular complexity index is 951. The first-order valence-electron chi connectivity index (χ1n) is 9.70.